The van der Waals surface area contributed by atoms with Gasteiger partial charge in [-0.15, -0.1) is 0 Å². The third-order valence-electron chi connectivity index (χ3n) is 5.72. The first kappa shape index (κ1) is 20.5. The first-order chi connectivity index (χ1) is 15.5. The molecule has 0 saturated carbocycles. The third kappa shape index (κ3) is 3.51. The minimum atomic E-state index is -0.268. The summed E-state index contributed by atoms with van der Waals surface area (Å²) in [7, 11) is 0. The summed E-state index contributed by atoms with van der Waals surface area (Å²) in [5, 5.41) is 15.2. The molecular formula is C25H21ClN4OS. The number of pyridine rings is 1. The Bertz CT molecular complexity index is 1280. The maximum atomic E-state index is 10.7. The lowest BCUT2D eigenvalue weighted by Crippen LogP contribution is -2.30. The minimum absolute atomic E-state index is 0.111. The summed E-state index contributed by atoms with van der Waals surface area (Å²) in [6, 6.07) is 24.7. The summed E-state index contributed by atoms with van der Waals surface area (Å²) in [6.07, 6.45) is 1.78. The van der Waals surface area contributed by atoms with Crippen molar-refractivity contribution in [3.63, 3.8) is 0 Å². The van der Waals surface area contributed by atoms with Crippen molar-refractivity contribution in [2.75, 3.05) is 4.90 Å². The van der Waals surface area contributed by atoms with E-state index in [9.17, 15) is 5.11 Å². The van der Waals surface area contributed by atoms with Gasteiger partial charge < -0.3 is 19.9 Å². The molecule has 0 bridgehead atoms. The van der Waals surface area contributed by atoms with E-state index < -0.39 is 0 Å². The summed E-state index contributed by atoms with van der Waals surface area (Å²) >= 11 is 12.1. The Balaban J connectivity index is 1.73. The van der Waals surface area contributed by atoms with Gasteiger partial charge >= 0.3 is 0 Å². The normalized spacial score (nSPS) is 18.1. The highest BCUT2D eigenvalue weighted by atomic mass is 35.5. The predicted molar refractivity (Wildman–Crippen MR) is 132 cm³/mol. The zero-order valence-corrected chi connectivity index (χ0v) is 18.9. The van der Waals surface area contributed by atoms with Crippen LogP contribution in [-0.2, 0) is 0 Å². The Morgan fingerprint density at radius 1 is 1.00 bits per heavy atom. The summed E-state index contributed by atoms with van der Waals surface area (Å²) < 4.78 is 2.21. The molecule has 1 saturated heterocycles. The Morgan fingerprint density at radius 2 is 1.78 bits per heavy atom. The molecule has 0 aliphatic carbocycles. The molecule has 4 aromatic rings. The number of nitrogens with zero attached hydrogens (tertiary/aromatic N) is 3. The number of phenolic OH excluding ortho intramolecular Hbond substituents is 1. The van der Waals surface area contributed by atoms with Gasteiger partial charge in [0.2, 0.25) is 0 Å². The first-order valence-corrected chi connectivity index (χ1v) is 11.1. The number of para-hydroxylation sites is 1. The molecule has 1 aliphatic rings. The number of hydrogen-bond donors (Lipinski definition) is 2. The second kappa shape index (κ2) is 8.30. The van der Waals surface area contributed by atoms with Crippen LogP contribution in [0.25, 0.3) is 5.69 Å². The smallest absolute Gasteiger partial charge is 0.174 e. The van der Waals surface area contributed by atoms with E-state index in [0.29, 0.717) is 15.8 Å². The number of thiocarbonyl (C=S) groups is 1. The van der Waals surface area contributed by atoms with E-state index >= 15 is 0 Å². The lowest BCUT2D eigenvalue weighted by atomic mass is 10.0. The Kier molecular flexibility index (Phi) is 5.33. The molecule has 2 atom stereocenters. The van der Waals surface area contributed by atoms with Crippen molar-refractivity contribution >= 4 is 34.6 Å². The largest absolute Gasteiger partial charge is 0.506 e. The second-order valence-corrected chi connectivity index (χ2v) is 8.52. The molecule has 2 aromatic heterocycles. The molecule has 3 heterocycles. The first-order valence-electron chi connectivity index (χ1n) is 10.3. The van der Waals surface area contributed by atoms with Crippen LogP contribution in [-0.4, -0.2) is 19.8 Å². The van der Waals surface area contributed by atoms with Crippen molar-refractivity contribution in [3.05, 3.63) is 107 Å². The number of nitrogens with one attached hydrogen (secondary N) is 1. The highest BCUT2D eigenvalue weighted by Crippen LogP contribution is 2.45. The lowest BCUT2D eigenvalue weighted by molar-refractivity contribution is 0.472. The fourth-order valence-electron chi connectivity index (χ4n) is 4.32. The molecule has 2 N–H and O–H groups in total. The van der Waals surface area contributed by atoms with E-state index in [2.05, 4.69) is 46.1 Å². The average Bonchev–Trinajstić information content (AvgIpc) is 3.36. The van der Waals surface area contributed by atoms with E-state index in [1.165, 1.54) is 0 Å². The van der Waals surface area contributed by atoms with Crippen molar-refractivity contribution in [1.82, 2.24) is 14.9 Å². The number of benzene rings is 2. The van der Waals surface area contributed by atoms with Gasteiger partial charge in [-0.1, -0.05) is 35.9 Å². The van der Waals surface area contributed by atoms with Gasteiger partial charge in [0.15, 0.2) is 5.11 Å². The number of halogens is 1. The van der Waals surface area contributed by atoms with Gasteiger partial charge in [0.05, 0.1) is 17.4 Å². The van der Waals surface area contributed by atoms with Crippen molar-refractivity contribution in [2.45, 2.75) is 19.0 Å². The lowest BCUT2D eigenvalue weighted by Gasteiger charge is -2.29. The molecular weight excluding hydrogens is 440 g/mol. The van der Waals surface area contributed by atoms with Crippen LogP contribution in [0.3, 0.4) is 0 Å². The predicted octanol–water partition coefficient (Wildman–Crippen LogP) is 5.72. The number of aromatic nitrogens is 2. The van der Waals surface area contributed by atoms with Crippen LogP contribution in [0.1, 0.15) is 29.2 Å². The molecule has 160 valence electrons. The number of anilines is 1. The zero-order chi connectivity index (χ0) is 22.2. The maximum absolute atomic E-state index is 10.7. The third-order valence-corrected chi connectivity index (χ3v) is 6.27. The standard InChI is InChI=1S/C25H21ClN4OS/c1-16-10-12-20(29(16)18-7-3-2-4-8-18)24-23(19-9-5-6-14-27-19)28-25(32)30(24)21-15-17(26)11-13-22(21)31/h2-15,23-24,31H,1H3,(H,28,32)/t23-,24+/m1/s1. The molecule has 0 amide bonds. The summed E-state index contributed by atoms with van der Waals surface area (Å²) in [5.41, 5.74) is 4.59. The number of aryl methyl sites for hydroxylation is 1. The SMILES string of the molecule is Cc1ccc([C@H]2[C@@H](c3ccccn3)NC(=S)N2c2cc(Cl)ccc2O)n1-c1ccccc1. The van der Waals surface area contributed by atoms with Crippen LogP contribution < -0.4 is 10.2 Å². The molecule has 0 spiro atoms. The number of rotatable bonds is 4. The van der Waals surface area contributed by atoms with Gasteiger partial charge in [-0.05, 0) is 73.7 Å². The number of aromatic hydroxyl groups is 1. The molecule has 1 fully saturated rings. The quantitative estimate of drug-likeness (QED) is 0.381. The topological polar surface area (TPSA) is 53.3 Å². The van der Waals surface area contributed by atoms with Gasteiger partial charge in [-0.2, -0.15) is 0 Å². The fourth-order valence-corrected chi connectivity index (χ4v) is 4.83. The van der Waals surface area contributed by atoms with Gasteiger partial charge in [-0.25, -0.2) is 0 Å². The van der Waals surface area contributed by atoms with Gasteiger partial charge in [-0.3, -0.25) is 4.98 Å². The molecule has 7 heteroatoms. The summed E-state index contributed by atoms with van der Waals surface area (Å²) in [4.78, 5) is 6.54. The molecule has 0 radical (unpaired) electrons. The van der Waals surface area contributed by atoms with E-state index in [-0.39, 0.29) is 17.8 Å². The van der Waals surface area contributed by atoms with Crippen molar-refractivity contribution in [1.29, 1.82) is 0 Å². The van der Waals surface area contributed by atoms with Crippen LogP contribution in [0.4, 0.5) is 5.69 Å². The van der Waals surface area contributed by atoms with Gasteiger partial charge in [0, 0.05) is 28.3 Å². The molecule has 0 unspecified atom stereocenters. The monoisotopic (exact) mass is 460 g/mol. The van der Waals surface area contributed by atoms with Crippen LogP contribution >= 0.6 is 23.8 Å². The Morgan fingerprint density at radius 3 is 2.53 bits per heavy atom. The molecule has 1 aliphatic heterocycles. The Hall–Kier alpha value is -3.35. The van der Waals surface area contributed by atoms with Crippen molar-refractivity contribution < 1.29 is 5.11 Å². The molecule has 32 heavy (non-hydrogen) atoms. The van der Waals surface area contributed by atoms with Crippen molar-refractivity contribution in [3.8, 4) is 11.4 Å². The fraction of sp³-hybridized carbons (Fsp3) is 0.120. The van der Waals surface area contributed by atoms with Crippen LogP contribution in [0.2, 0.25) is 5.02 Å². The van der Waals surface area contributed by atoms with Crippen LogP contribution in [0.5, 0.6) is 5.75 Å². The maximum Gasteiger partial charge on any atom is 0.174 e. The highest BCUT2D eigenvalue weighted by Gasteiger charge is 2.43. The average molecular weight is 461 g/mol. The Labute approximate surface area is 196 Å². The number of hydrogen-bond acceptors (Lipinski definition) is 3. The number of phenols is 1. The van der Waals surface area contributed by atoms with E-state index in [1.54, 1.807) is 24.4 Å². The highest BCUT2D eigenvalue weighted by molar-refractivity contribution is 7.80. The van der Waals surface area contributed by atoms with E-state index in [4.69, 9.17) is 23.8 Å². The molecule has 2 aromatic carbocycles. The van der Waals surface area contributed by atoms with E-state index in [0.717, 1.165) is 22.8 Å². The van der Waals surface area contributed by atoms with Crippen molar-refractivity contribution in [2.24, 2.45) is 0 Å². The summed E-state index contributed by atoms with van der Waals surface area (Å²) in [5.74, 6) is 0.111. The molecule has 5 rings (SSSR count). The summed E-state index contributed by atoms with van der Waals surface area (Å²) in [6.45, 7) is 2.08. The van der Waals surface area contributed by atoms with E-state index in [1.807, 2.05) is 41.3 Å². The zero-order valence-electron chi connectivity index (χ0n) is 17.3. The van der Waals surface area contributed by atoms with Gasteiger partial charge in [0.25, 0.3) is 0 Å². The van der Waals surface area contributed by atoms with Gasteiger partial charge in [0.1, 0.15) is 11.8 Å². The molecule has 5 nitrogen and oxygen atoms in total. The second-order valence-electron chi connectivity index (χ2n) is 7.70. The van der Waals surface area contributed by atoms with Crippen LogP contribution in [0, 0.1) is 6.92 Å². The minimum Gasteiger partial charge on any atom is -0.506 e. The van der Waals surface area contributed by atoms with Crippen LogP contribution in [0.15, 0.2) is 85.1 Å².